The van der Waals surface area contributed by atoms with Crippen molar-refractivity contribution in [3.05, 3.63) is 34.9 Å². The molecule has 5 nitrogen and oxygen atoms in total. The highest BCUT2D eigenvalue weighted by molar-refractivity contribution is 5.77. The summed E-state index contributed by atoms with van der Waals surface area (Å²) in [6.45, 7) is 11.0. The summed E-state index contributed by atoms with van der Waals surface area (Å²) < 4.78 is 5.42. The van der Waals surface area contributed by atoms with E-state index in [-0.39, 0.29) is 17.9 Å². The van der Waals surface area contributed by atoms with Crippen molar-refractivity contribution >= 4 is 12.0 Å². The number of amides is 2. The van der Waals surface area contributed by atoms with Crippen molar-refractivity contribution in [1.82, 2.24) is 10.2 Å². The maximum Gasteiger partial charge on any atom is 0.410 e. The molecule has 1 aliphatic heterocycles. The highest BCUT2D eigenvalue weighted by atomic mass is 16.6. The number of fused-ring (bicyclic) bond motifs is 1. The van der Waals surface area contributed by atoms with E-state index in [1.165, 1.54) is 0 Å². The Morgan fingerprint density at radius 2 is 1.87 bits per heavy atom. The fraction of sp³-hybridized carbons (Fsp3) is 0.556. The van der Waals surface area contributed by atoms with Gasteiger partial charge < -0.3 is 10.1 Å². The number of benzene rings is 1. The third-order valence-electron chi connectivity index (χ3n) is 3.64. The Bertz CT molecular complexity index is 603. The number of nitrogens with zero attached hydrogens (tertiary/aromatic N) is 1. The van der Waals surface area contributed by atoms with Crippen molar-refractivity contribution in [3.8, 4) is 0 Å². The van der Waals surface area contributed by atoms with Crippen molar-refractivity contribution in [1.29, 1.82) is 0 Å². The molecule has 1 aromatic rings. The van der Waals surface area contributed by atoms with Crippen LogP contribution in [0.4, 0.5) is 4.79 Å². The predicted octanol–water partition coefficient (Wildman–Crippen LogP) is 3.21. The van der Waals surface area contributed by atoms with Crippen LogP contribution in [0.15, 0.2) is 18.2 Å². The lowest BCUT2D eigenvalue weighted by molar-refractivity contribution is -0.124. The van der Waals surface area contributed by atoms with Crippen LogP contribution in [0.2, 0.25) is 0 Å². The largest absolute Gasteiger partial charge is 0.444 e. The molecule has 0 bridgehead atoms. The first-order chi connectivity index (χ1) is 10.7. The third kappa shape index (κ3) is 4.71. The molecule has 126 valence electrons. The molecule has 0 aromatic heterocycles. The van der Waals surface area contributed by atoms with Gasteiger partial charge in [-0.1, -0.05) is 32.0 Å². The molecule has 1 aliphatic rings. The van der Waals surface area contributed by atoms with Crippen LogP contribution in [0.5, 0.6) is 0 Å². The first-order valence-corrected chi connectivity index (χ1v) is 8.02. The van der Waals surface area contributed by atoms with E-state index >= 15 is 0 Å². The molecule has 1 aromatic carbocycles. The Morgan fingerprint density at radius 1 is 1.22 bits per heavy atom. The van der Waals surface area contributed by atoms with Gasteiger partial charge >= 0.3 is 6.09 Å². The maximum absolute atomic E-state index is 12.2. The standard InChI is InChI=1S/C18H26N2O3/c1-12(2)16(21)19-9-13-6-7-14-10-20(11-15(14)8-13)17(22)23-18(3,4)5/h6-8,12H,9-11H2,1-5H3,(H,19,21). The van der Waals surface area contributed by atoms with Gasteiger partial charge in [-0.2, -0.15) is 0 Å². The van der Waals surface area contributed by atoms with Crippen LogP contribution in [0.25, 0.3) is 0 Å². The molecular formula is C18H26N2O3. The van der Waals surface area contributed by atoms with Gasteiger partial charge in [-0.3, -0.25) is 9.69 Å². The van der Waals surface area contributed by atoms with E-state index in [0.29, 0.717) is 19.6 Å². The number of rotatable bonds is 3. The van der Waals surface area contributed by atoms with Gasteiger partial charge in [0.05, 0.1) is 0 Å². The Hall–Kier alpha value is -2.04. The lowest BCUT2D eigenvalue weighted by atomic mass is 10.1. The molecule has 0 unspecified atom stereocenters. The summed E-state index contributed by atoms with van der Waals surface area (Å²) in [5, 5.41) is 2.91. The van der Waals surface area contributed by atoms with Gasteiger partial charge in [0.15, 0.2) is 0 Å². The molecule has 5 heteroatoms. The third-order valence-corrected chi connectivity index (χ3v) is 3.64. The fourth-order valence-electron chi connectivity index (χ4n) is 2.41. The number of carbonyl (C=O) groups excluding carboxylic acids is 2. The Kier molecular flexibility index (Phi) is 4.97. The maximum atomic E-state index is 12.2. The van der Waals surface area contributed by atoms with Crippen LogP contribution in [0.3, 0.4) is 0 Å². The fourth-order valence-corrected chi connectivity index (χ4v) is 2.41. The van der Waals surface area contributed by atoms with E-state index in [9.17, 15) is 9.59 Å². The van der Waals surface area contributed by atoms with Crippen molar-refractivity contribution in [3.63, 3.8) is 0 Å². The monoisotopic (exact) mass is 318 g/mol. The van der Waals surface area contributed by atoms with Crippen LogP contribution in [-0.2, 0) is 29.2 Å². The van der Waals surface area contributed by atoms with Gasteiger partial charge in [-0.15, -0.1) is 0 Å². The molecule has 1 N–H and O–H groups in total. The number of nitrogens with one attached hydrogen (secondary N) is 1. The number of hydrogen-bond acceptors (Lipinski definition) is 3. The van der Waals surface area contributed by atoms with Crippen LogP contribution < -0.4 is 5.32 Å². The molecule has 0 spiro atoms. The summed E-state index contributed by atoms with van der Waals surface area (Å²) in [5.41, 5.74) is 2.81. The summed E-state index contributed by atoms with van der Waals surface area (Å²) in [5.74, 6) is 0.0213. The molecule has 0 aliphatic carbocycles. The van der Waals surface area contributed by atoms with E-state index in [1.54, 1.807) is 4.90 Å². The minimum Gasteiger partial charge on any atom is -0.444 e. The Labute approximate surface area is 138 Å². The molecule has 0 radical (unpaired) electrons. The van der Waals surface area contributed by atoms with Gasteiger partial charge in [0.2, 0.25) is 5.91 Å². The molecule has 23 heavy (non-hydrogen) atoms. The zero-order valence-electron chi connectivity index (χ0n) is 14.6. The highest BCUT2D eigenvalue weighted by Crippen LogP contribution is 2.25. The first-order valence-electron chi connectivity index (χ1n) is 8.02. The summed E-state index contributed by atoms with van der Waals surface area (Å²) in [6.07, 6.45) is -0.289. The molecule has 2 rings (SSSR count). The first kappa shape index (κ1) is 17.3. The molecule has 0 saturated carbocycles. The second-order valence-electron chi connectivity index (χ2n) is 7.31. The van der Waals surface area contributed by atoms with Crippen LogP contribution in [0.1, 0.15) is 51.3 Å². The van der Waals surface area contributed by atoms with E-state index in [1.807, 2.05) is 46.8 Å². The molecule has 0 saturated heterocycles. The Morgan fingerprint density at radius 3 is 2.48 bits per heavy atom. The summed E-state index contributed by atoms with van der Waals surface area (Å²) in [6, 6.07) is 6.08. The van der Waals surface area contributed by atoms with Crippen molar-refractivity contribution in [2.75, 3.05) is 0 Å². The van der Waals surface area contributed by atoms with Gasteiger partial charge in [0.25, 0.3) is 0 Å². The summed E-state index contributed by atoms with van der Waals surface area (Å²) in [4.78, 5) is 25.5. The van der Waals surface area contributed by atoms with Crippen molar-refractivity contribution in [2.45, 2.75) is 59.9 Å². The average Bonchev–Trinajstić information content (AvgIpc) is 2.85. The van der Waals surface area contributed by atoms with Crippen LogP contribution >= 0.6 is 0 Å². The smallest absolute Gasteiger partial charge is 0.410 e. The lowest BCUT2D eigenvalue weighted by Crippen LogP contribution is -2.33. The second kappa shape index (κ2) is 6.60. The van der Waals surface area contributed by atoms with E-state index in [4.69, 9.17) is 4.74 Å². The summed E-state index contributed by atoms with van der Waals surface area (Å²) >= 11 is 0. The average molecular weight is 318 g/mol. The molecule has 1 heterocycles. The minimum atomic E-state index is -0.488. The Balaban J connectivity index is 1.98. The van der Waals surface area contributed by atoms with Gasteiger partial charge in [0, 0.05) is 25.6 Å². The number of carbonyl (C=O) groups is 2. The SMILES string of the molecule is CC(C)C(=O)NCc1ccc2c(c1)CN(C(=O)OC(C)(C)C)C2. The zero-order chi connectivity index (χ0) is 17.2. The van der Waals surface area contributed by atoms with Gasteiger partial charge in [-0.05, 0) is 37.5 Å². The quantitative estimate of drug-likeness (QED) is 0.931. The van der Waals surface area contributed by atoms with Crippen molar-refractivity contribution in [2.24, 2.45) is 5.92 Å². The van der Waals surface area contributed by atoms with Gasteiger partial charge in [-0.25, -0.2) is 4.79 Å². The van der Waals surface area contributed by atoms with Crippen LogP contribution in [-0.4, -0.2) is 22.5 Å². The predicted molar refractivity (Wildman–Crippen MR) is 88.6 cm³/mol. The van der Waals surface area contributed by atoms with E-state index in [0.717, 1.165) is 16.7 Å². The highest BCUT2D eigenvalue weighted by Gasteiger charge is 2.27. The topological polar surface area (TPSA) is 58.6 Å². The lowest BCUT2D eigenvalue weighted by Gasteiger charge is -2.24. The van der Waals surface area contributed by atoms with Crippen LogP contribution in [0, 0.1) is 5.92 Å². The van der Waals surface area contributed by atoms with Gasteiger partial charge in [0.1, 0.15) is 5.60 Å². The minimum absolute atomic E-state index is 0.0212. The molecular weight excluding hydrogens is 292 g/mol. The number of ether oxygens (including phenoxy) is 1. The van der Waals surface area contributed by atoms with E-state index < -0.39 is 5.60 Å². The molecule has 0 fully saturated rings. The second-order valence-corrected chi connectivity index (χ2v) is 7.31. The molecule has 0 atom stereocenters. The number of hydrogen-bond donors (Lipinski definition) is 1. The molecule has 2 amide bonds. The zero-order valence-corrected chi connectivity index (χ0v) is 14.6. The van der Waals surface area contributed by atoms with E-state index in [2.05, 4.69) is 11.4 Å². The summed E-state index contributed by atoms with van der Waals surface area (Å²) in [7, 11) is 0. The normalized spacial score (nSPS) is 13.9. The van der Waals surface area contributed by atoms with Crippen molar-refractivity contribution < 1.29 is 14.3 Å².